The molecule has 3 atom stereocenters. The van der Waals surface area contributed by atoms with Gasteiger partial charge < -0.3 is 10.2 Å². The fourth-order valence-electron chi connectivity index (χ4n) is 3.00. The van der Waals surface area contributed by atoms with E-state index in [9.17, 15) is 0 Å². The molecular formula is C10H20N2. The molecule has 2 aliphatic heterocycles. The summed E-state index contributed by atoms with van der Waals surface area (Å²) in [7, 11) is 2.28. The lowest BCUT2D eigenvalue weighted by atomic mass is 9.81. The minimum Gasteiger partial charge on any atom is -0.316 e. The number of rotatable bonds is 1. The minimum atomic E-state index is 0.846. The summed E-state index contributed by atoms with van der Waals surface area (Å²) >= 11 is 0. The van der Waals surface area contributed by atoms with Crippen molar-refractivity contribution in [3.63, 3.8) is 0 Å². The summed E-state index contributed by atoms with van der Waals surface area (Å²) < 4.78 is 0. The summed E-state index contributed by atoms with van der Waals surface area (Å²) in [6, 6.07) is 0.846. The molecule has 0 aromatic heterocycles. The van der Waals surface area contributed by atoms with Gasteiger partial charge in [-0.25, -0.2) is 0 Å². The van der Waals surface area contributed by atoms with Gasteiger partial charge in [0.25, 0.3) is 0 Å². The quantitative estimate of drug-likeness (QED) is 0.627. The van der Waals surface area contributed by atoms with E-state index in [1.165, 1.54) is 32.5 Å². The summed E-state index contributed by atoms with van der Waals surface area (Å²) in [5.74, 6) is 1.92. The average molecular weight is 168 g/mol. The van der Waals surface area contributed by atoms with Gasteiger partial charge in [0.05, 0.1) is 0 Å². The molecule has 2 heterocycles. The normalized spacial score (nSPS) is 43.0. The molecule has 2 nitrogen and oxygen atoms in total. The molecule has 0 radical (unpaired) electrons. The Labute approximate surface area is 75.3 Å². The van der Waals surface area contributed by atoms with Gasteiger partial charge in [0.1, 0.15) is 0 Å². The Bertz CT molecular complexity index is 158. The smallest absolute Gasteiger partial charge is 0.0133 e. The molecule has 12 heavy (non-hydrogen) atoms. The molecule has 2 heteroatoms. The number of hydrogen-bond donors (Lipinski definition) is 1. The molecule has 0 spiro atoms. The predicted molar refractivity (Wildman–Crippen MR) is 51.2 cm³/mol. The molecule has 0 bridgehead atoms. The predicted octanol–water partition coefficient (Wildman–Crippen LogP) is 0.936. The molecule has 2 aliphatic rings. The van der Waals surface area contributed by atoms with Crippen LogP contribution >= 0.6 is 0 Å². The van der Waals surface area contributed by atoms with Crippen LogP contribution in [0.25, 0.3) is 0 Å². The van der Waals surface area contributed by atoms with E-state index < -0.39 is 0 Å². The second-order valence-electron chi connectivity index (χ2n) is 4.33. The van der Waals surface area contributed by atoms with Crippen LogP contribution in [-0.2, 0) is 0 Å². The Morgan fingerprint density at radius 1 is 1.42 bits per heavy atom. The van der Waals surface area contributed by atoms with E-state index in [1.807, 2.05) is 0 Å². The second kappa shape index (κ2) is 3.35. The Hall–Kier alpha value is -0.0800. The van der Waals surface area contributed by atoms with Gasteiger partial charge in [0.15, 0.2) is 0 Å². The van der Waals surface area contributed by atoms with Crippen LogP contribution in [0.4, 0.5) is 0 Å². The van der Waals surface area contributed by atoms with Crippen LogP contribution in [0.2, 0.25) is 0 Å². The fraction of sp³-hybridized carbons (Fsp3) is 1.00. The van der Waals surface area contributed by atoms with E-state index in [1.54, 1.807) is 0 Å². The van der Waals surface area contributed by atoms with Crippen LogP contribution in [0.1, 0.15) is 19.8 Å². The molecule has 2 saturated heterocycles. The molecule has 0 aromatic rings. The highest BCUT2D eigenvalue weighted by Crippen LogP contribution is 2.32. The van der Waals surface area contributed by atoms with E-state index >= 15 is 0 Å². The average Bonchev–Trinajstić information content (AvgIpc) is 2.52. The van der Waals surface area contributed by atoms with Crippen molar-refractivity contribution < 1.29 is 0 Å². The Morgan fingerprint density at radius 3 is 3.00 bits per heavy atom. The summed E-state index contributed by atoms with van der Waals surface area (Å²) in [5.41, 5.74) is 0. The summed E-state index contributed by atoms with van der Waals surface area (Å²) in [5, 5.41) is 3.52. The highest BCUT2D eigenvalue weighted by atomic mass is 15.2. The van der Waals surface area contributed by atoms with Gasteiger partial charge in [-0.3, -0.25) is 0 Å². The third kappa shape index (κ3) is 1.27. The first-order valence-electron chi connectivity index (χ1n) is 5.24. The van der Waals surface area contributed by atoms with Crippen molar-refractivity contribution in [2.75, 3.05) is 26.7 Å². The first kappa shape index (κ1) is 8.52. The number of hydrogen-bond acceptors (Lipinski definition) is 2. The van der Waals surface area contributed by atoms with Crippen molar-refractivity contribution in [2.24, 2.45) is 11.8 Å². The number of nitrogens with zero attached hydrogens (tertiary/aromatic N) is 1. The Kier molecular flexibility index (Phi) is 2.37. The van der Waals surface area contributed by atoms with Crippen molar-refractivity contribution in [3.05, 3.63) is 0 Å². The maximum Gasteiger partial charge on any atom is 0.0133 e. The molecule has 70 valence electrons. The Balaban J connectivity index is 2.06. The van der Waals surface area contributed by atoms with Crippen molar-refractivity contribution in [1.29, 1.82) is 0 Å². The largest absolute Gasteiger partial charge is 0.316 e. The Morgan fingerprint density at radius 2 is 2.25 bits per heavy atom. The van der Waals surface area contributed by atoms with Gasteiger partial charge in [-0.05, 0) is 51.4 Å². The maximum absolute atomic E-state index is 3.52. The van der Waals surface area contributed by atoms with Gasteiger partial charge in [-0.2, -0.15) is 0 Å². The molecular weight excluding hydrogens is 148 g/mol. The van der Waals surface area contributed by atoms with Crippen molar-refractivity contribution >= 4 is 0 Å². The van der Waals surface area contributed by atoms with Gasteiger partial charge in [-0.1, -0.05) is 6.92 Å². The zero-order chi connectivity index (χ0) is 8.55. The standard InChI is InChI=1S/C10H20N2/c1-3-10-9-7-11-6-8(9)4-5-12(10)2/h8-11H,3-7H2,1-2H3. The van der Waals surface area contributed by atoms with Crippen LogP contribution in [0.5, 0.6) is 0 Å². The third-order valence-electron chi connectivity index (χ3n) is 3.72. The second-order valence-corrected chi connectivity index (χ2v) is 4.33. The highest BCUT2D eigenvalue weighted by Gasteiger charge is 2.37. The monoisotopic (exact) mass is 168 g/mol. The van der Waals surface area contributed by atoms with Crippen molar-refractivity contribution in [2.45, 2.75) is 25.8 Å². The van der Waals surface area contributed by atoms with Gasteiger partial charge in [0.2, 0.25) is 0 Å². The van der Waals surface area contributed by atoms with Crippen LogP contribution in [0.3, 0.4) is 0 Å². The summed E-state index contributed by atoms with van der Waals surface area (Å²) in [6.07, 6.45) is 2.73. The number of piperidine rings is 1. The SMILES string of the molecule is CCC1C2CNCC2CCN1C. The lowest BCUT2D eigenvalue weighted by Crippen LogP contribution is -2.46. The van der Waals surface area contributed by atoms with Crippen molar-refractivity contribution in [3.8, 4) is 0 Å². The molecule has 1 N–H and O–H groups in total. The highest BCUT2D eigenvalue weighted by molar-refractivity contribution is 4.93. The van der Waals surface area contributed by atoms with Crippen LogP contribution in [0.15, 0.2) is 0 Å². The van der Waals surface area contributed by atoms with E-state index in [-0.39, 0.29) is 0 Å². The molecule has 2 fully saturated rings. The molecule has 0 amide bonds. The first-order chi connectivity index (χ1) is 5.83. The van der Waals surface area contributed by atoms with E-state index in [2.05, 4.69) is 24.2 Å². The van der Waals surface area contributed by atoms with Crippen LogP contribution < -0.4 is 5.32 Å². The van der Waals surface area contributed by atoms with E-state index in [4.69, 9.17) is 0 Å². The molecule has 0 aliphatic carbocycles. The fourth-order valence-corrected chi connectivity index (χ4v) is 3.00. The van der Waals surface area contributed by atoms with Gasteiger partial charge >= 0.3 is 0 Å². The zero-order valence-electron chi connectivity index (χ0n) is 8.21. The van der Waals surface area contributed by atoms with Crippen molar-refractivity contribution in [1.82, 2.24) is 10.2 Å². The third-order valence-corrected chi connectivity index (χ3v) is 3.72. The van der Waals surface area contributed by atoms with Gasteiger partial charge in [0, 0.05) is 6.04 Å². The molecule has 3 unspecified atom stereocenters. The van der Waals surface area contributed by atoms with Gasteiger partial charge in [-0.15, -0.1) is 0 Å². The van der Waals surface area contributed by atoms with Crippen LogP contribution in [-0.4, -0.2) is 37.6 Å². The topological polar surface area (TPSA) is 15.3 Å². The number of likely N-dealkylation sites (tertiary alicyclic amines) is 1. The first-order valence-corrected chi connectivity index (χ1v) is 5.24. The minimum absolute atomic E-state index is 0.846. The van der Waals surface area contributed by atoms with Crippen LogP contribution in [0, 0.1) is 11.8 Å². The molecule has 0 saturated carbocycles. The molecule has 0 aromatic carbocycles. The number of fused-ring (bicyclic) bond motifs is 1. The lowest BCUT2D eigenvalue weighted by molar-refractivity contribution is 0.0945. The maximum atomic E-state index is 3.52. The van der Waals surface area contributed by atoms with E-state index in [0.717, 1.165) is 17.9 Å². The summed E-state index contributed by atoms with van der Waals surface area (Å²) in [6.45, 7) is 6.16. The lowest BCUT2D eigenvalue weighted by Gasteiger charge is -2.40. The van der Waals surface area contributed by atoms with E-state index in [0.29, 0.717) is 0 Å². The number of nitrogens with one attached hydrogen (secondary N) is 1. The zero-order valence-corrected chi connectivity index (χ0v) is 8.21. The summed E-state index contributed by atoms with van der Waals surface area (Å²) in [4.78, 5) is 2.55. The molecule has 2 rings (SSSR count).